The summed E-state index contributed by atoms with van der Waals surface area (Å²) < 4.78 is 0. The van der Waals surface area contributed by atoms with Crippen molar-refractivity contribution in [3.63, 3.8) is 0 Å². The summed E-state index contributed by atoms with van der Waals surface area (Å²) in [5.74, 6) is 0.436. The number of nitrogens with zero attached hydrogens (tertiary/aromatic N) is 3. The van der Waals surface area contributed by atoms with Gasteiger partial charge in [-0.1, -0.05) is 12.1 Å². The van der Waals surface area contributed by atoms with Crippen LogP contribution in [0.4, 0.5) is 22.9 Å². The van der Waals surface area contributed by atoms with Crippen LogP contribution < -0.4 is 21.1 Å². The Hall–Kier alpha value is -4.79. The molecule has 2 amide bonds. The molecule has 1 saturated heterocycles. The van der Waals surface area contributed by atoms with Crippen LogP contribution in [0.2, 0.25) is 0 Å². The number of carbonyl (C=O) groups excluding carboxylic acids is 2. The summed E-state index contributed by atoms with van der Waals surface area (Å²) in [6, 6.07) is 16.2. The van der Waals surface area contributed by atoms with Gasteiger partial charge >= 0.3 is 0 Å². The van der Waals surface area contributed by atoms with E-state index in [2.05, 4.69) is 25.6 Å². The second-order valence-corrected chi connectivity index (χ2v) is 8.11. The van der Waals surface area contributed by atoms with E-state index in [1.165, 1.54) is 24.5 Å². The number of aromatic nitrogens is 3. The number of hydrogen-bond acceptors (Lipinski definition) is 6. The van der Waals surface area contributed by atoms with Gasteiger partial charge in [-0.15, -0.1) is 0 Å². The molecular formula is C26H22N6O3. The molecule has 0 spiro atoms. The molecule has 1 aliphatic heterocycles. The van der Waals surface area contributed by atoms with Gasteiger partial charge in [-0.25, -0.2) is 4.98 Å². The zero-order valence-electron chi connectivity index (χ0n) is 18.7. The Balaban J connectivity index is 1.24. The van der Waals surface area contributed by atoms with Gasteiger partial charge < -0.3 is 20.5 Å². The predicted octanol–water partition coefficient (Wildman–Crippen LogP) is 3.95. The zero-order valence-corrected chi connectivity index (χ0v) is 18.7. The SMILES string of the molecule is O=C(Nc1cncc(Nc2ccc(-c3ccc(N4CCCC4=O)cc3)cn2)c1)c1ccc(=O)[nH]c1. The number of carbonyl (C=O) groups is 2. The largest absolute Gasteiger partial charge is 0.339 e. The number of anilines is 4. The van der Waals surface area contributed by atoms with Crippen molar-refractivity contribution in [3.05, 3.63) is 95.3 Å². The summed E-state index contributed by atoms with van der Waals surface area (Å²) in [6.45, 7) is 0.771. The normalized spacial score (nSPS) is 13.0. The molecule has 3 N–H and O–H groups in total. The van der Waals surface area contributed by atoms with Gasteiger partial charge in [0, 0.05) is 42.7 Å². The van der Waals surface area contributed by atoms with Gasteiger partial charge in [-0.3, -0.25) is 19.4 Å². The topological polar surface area (TPSA) is 120 Å². The minimum Gasteiger partial charge on any atom is -0.339 e. The molecule has 4 aromatic rings. The monoisotopic (exact) mass is 466 g/mol. The molecule has 0 aliphatic carbocycles. The van der Waals surface area contributed by atoms with Gasteiger partial charge in [0.2, 0.25) is 11.5 Å². The van der Waals surface area contributed by atoms with Crippen molar-refractivity contribution in [1.82, 2.24) is 15.0 Å². The molecular weight excluding hydrogens is 444 g/mol. The highest BCUT2D eigenvalue weighted by Gasteiger charge is 2.21. The third-order valence-corrected chi connectivity index (χ3v) is 5.66. The minimum absolute atomic E-state index is 0.171. The van der Waals surface area contributed by atoms with E-state index in [-0.39, 0.29) is 17.4 Å². The molecule has 1 aliphatic rings. The summed E-state index contributed by atoms with van der Waals surface area (Å²) in [4.78, 5) is 48.4. The van der Waals surface area contributed by atoms with E-state index < -0.39 is 0 Å². The number of aromatic amines is 1. The first-order chi connectivity index (χ1) is 17.0. The first-order valence-corrected chi connectivity index (χ1v) is 11.1. The van der Waals surface area contributed by atoms with Gasteiger partial charge in [0.05, 0.1) is 29.3 Å². The molecule has 9 nitrogen and oxygen atoms in total. The summed E-state index contributed by atoms with van der Waals surface area (Å²) in [7, 11) is 0. The van der Waals surface area contributed by atoms with Crippen LogP contribution in [0, 0.1) is 0 Å². The highest BCUT2D eigenvalue weighted by molar-refractivity contribution is 6.04. The molecule has 0 saturated carbocycles. The van der Waals surface area contributed by atoms with E-state index in [0.717, 1.165) is 29.8 Å². The molecule has 5 rings (SSSR count). The van der Waals surface area contributed by atoms with E-state index in [4.69, 9.17) is 0 Å². The molecule has 0 radical (unpaired) electrons. The highest BCUT2D eigenvalue weighted by atomic mass is 16.2. The maximum Gasteiger partial charge on any atom is 0.257 e. The van der Waals surface area contributed by atoms with Crippen molar-refractivity contribution in [3.8, 4) is 11.1 Å². The van der Waals surface area contributed by atoms with E-state index >= 15 is 0 Å². The molecule has 174 valence electrons. The van der Waals surface area contributed by atoms with Crippen LogP contribution in [-0.4, -0.2) is 33.3 Å². The van der Waals surface area contributed by atoms with Crippen molar-refractivity contribution >= 4 is 34.7 Å². The van der Waals surface area contributed by atoms with Crippen LogP contribution in [0.5, 0.6) is 0 Å². The van der Waals surface area contributed by atoms with Gasteiger partial charge in [0.15, 0.2) is 0 Å². The van der Waals surface area contributed by atoms with Gasteiger partial charge in [-0.05, 0) is 48.4 Å². The average molecular weight is 467 g/mol. The van der Waals surface area contributed by atoms with Crippen LogP contribution >= 0.6 is 0 Å². The van der Waals surface area contributed by atoms with Crippen LogP contribution in [0.25, 0.3) is 11.1 Å². The smallest absolute Gasteiger partial charge is 0.257 e. The molecule has 3 aromatic heterocycles. The quantitative estimate of drug-likeness (QED) is 0.396. The molecule has 0 unspecified atom stereocenters. The number of amides is 2. The fraction of sp³-hybridized carbons (Fsp3) is 0.115. The lowest BCUT2D eigenvalue weighted by Gasteiger charge is -2.16. The van der Waals surface area contributed by atoms with E-state index in [9.17, 15) is 14.4 Å². The Labute approximate surface area is 200 Å². The number of hydrogen-bond donors (Lipinski definition) is 3. The minimum atomic E-state index is -0.359. The van der Waals surface area contributed by atoms with Crippen molar-refractivity contribution < 1.29 is 9.59 Å². The van der Waals surface area contributed by atoms with Gasteiger partial charge in [-0.2, -0.15) is 0 Å². The van der Waals surface area contributed by atoms with Gasteiger partial charge in [0.1, 0.15) is 5.82 Å². The molecule has 0 bridgehead atoms. The van der Waals surface area contributed by atoms with Crippen molar-refractivity contribution in [2.75, 3.05) is 22.1 Å². The van der Waals surface area contributed by atoms with E-state index in [1.807, 2.05) is 41.3 Å². The summed E-state index contributed by atoms with van der Waals surface area (Å²) >= 11 is 0. The number of benzene rings is 1. The van der Waals surface area contributed by atoms with E-state index in [0.29, 0.717) is 29.2 Å². The lowest BCUT2D eigenvalue weighted by molar-refractivity contribution is -0.117. The van der Waals surface area contributed by atoms with Crippen LogP contribution in [-0.2, 0) is 4.79 Å². The molecule has 4 heterocycles. The maximum absolute atomic E-state index is 12.4. The maximum atomic E-state index is 12.4. The third-order valence-electron chi connectivity index (χ3n) is 5.66. The molecule has 35 heavy (non-hydrogen) atoms. The molecule has 9 heteroatoms. The Bertz CT molecular complexity index is 1410. The van der Waals surface area contributed by atoms with Crippen molar-refractivity contribution in [1.29, 1.82) is 0 Å². The zero-order chi connectivity index (χ0) is 24.2. The summed E-state index contributed by atoms with van der Waals surface area (Å²) in [6.07, 6.45) is 7.80. The Morgan fingerprint density at radius 2 is 1.71 bits per heavy atom. The lowest BCUT2D eigenvalue weighted by atomic mass is 10.1. The molecule has 1 aromatic carbocycles. The van der Waals surface area contributed by atoms with Crippen molar-refractivity contribution in [2.45, 2.75) is 12.8 Å². The highest BCUT2D eigenvalue weighted by Crippen LogP contribution is 2.26. The van der Waals surface area contributed by atoms with Crippen molar-refractivity contribution in [2.24, 2.45) is 0 Å². The Morgan fingerprint density at radius 1 is 0.914 bits per heavy atom. The number of H-pyrrole nitrogens is 1. The number of pyridine rings is 3. The fourth-order valence-corrected chi connectivity index (χ4v) is 3.87. The molecule has 1 fully saturated rings. The first kappa shape index (κ1) is 22.0. The first-order valence-electron chi connectivity index (χ1n) is 11.1. The fourth-order valence-electron chi connectivity index (χ4n) is 3.87. The number of nitrogens with one attached hydrogen (secondary N) is 3. The lowest BCUT2D eigenvalue weighted by Crippen LogP contribution is -2.23. The molecule has 0 atom stereocenters. The standard InChI is InChI=1S/C26H22N6O3/c33-24-10-6-19(14-29-24)26(35)31-21-12-20(15-27-16-21)30-23-9-5-18(13-28-23)17-3-7-22(8-4-17)32-11-1-2-25(32)34/h3-10,12-16H,1-2,11H2,(H,28,30)(H,29,33)(H,31,35). The van der Waals surface area contributed by atoms with Crippen LogP contribution in [0.3, 0.4) is 0 Å². The van der Waals surface area contributed by atoms with E-state index in [1.54, 1.807) is 18.5 Å². The van der Waals surface area contributed by atoms with Crippen LogP contribution in [0.15, 0.2) is 84.2 Å². The van der Waals surface area contributed by atoms with Gasteiger partial charge in [0.25, 0.3) is 5.91 Å². The predicted molar refractivity (Wildman–Crippen MR) is 134 cm³/mol. The average Bonchev–Trinajstić information content (AvgIpc) is 3.31. The summed E-state index contributed by atoms with van der Waals surface area (Å²) in [5.41, 5.74) is 4.10. The third kappa shape index (κ3) is 5.09. The Morgan fingerprint density at radius 3 is 2.40 bits per heavy atom. The second kappa shape index (κ2) is 9.60. The number of rotatable bonds is 6. The van der Waals surface area contributed by atoms with Crippen LogP contribution in [0.1, 0.15) is 23.2 Å². The second-order valence-electron chi connectivity index (χ2n) is 8.11. The summed E-state index contributed by atoms with van der Waals surface area (Å²) in [5, 5.41) is 5.93. The Kier molecular flexibility index (Phi) is 6.04.